The van der Waals surface area contributed by atoms with Crippen LogP contribution in [-0.4, -0.2) is 153 Å². The lowest BCUT2D eigenvalue weighted by Gasteiger charge is -2.31. The summed E-state index contributed by atoms with van der Waals surface area (Å²) in [6, 6.07) is -6.65. The first kappa shape index (κ1) is 63.2. The van der Waals surface area contributed by atoms with Gasteiger partial charge in [-0.3, -0.25) is 52.7 Å². The van der Waals surface area contributed by atoms with E-state index in [4.69, 9.17) is 17.2 Å². The summed E-state index contributed by atoms with van der Waals surface area (Å²) in [7, 11) is 0. The molecule has 1 aliphatic rings. The van der Waals surface area contributed by atoms with Crippen molar-refractivity contribution in [2.75, 3.05) is 6.54 Å². The van der Waals surface area contributed by atoms with Gasteiger partial charge in [-0.15, -0.1) is 0 Å². The molecule has 1 fully saturated rings. The number of phenols is 1. The van der Waals surface area contributed by atoms with Crippen molar-refractivity contribution in [2.45, 2.75) is 181 Å². The van der Waals surface area contributed by atoms with Crippen LogP contribution in [0.4, 0.5) is 0 Å². The Morgan fingerprint density at radius 1 is 0.608 bits per heavy atom. The Morgan fingerprint density at radius 3 is 1.61 bits per heavy atom. The van der Waals surface area contributed by atoms with E-state index < -0.39 is 150 Å². The molecule has 1 aromatic carbocycles. The van der Waals surface area contributed by atoms with Crippen molar-refractivity contribution in [1.29, 1.82) is 0 Å². The molecule has 0 unspecified atom stereocenters. The number of nitrogens with one attached hydrogen (secondary N) is 8. The number of carbonyl (C=O) groups is 11. The number of phenolic OH excluding ortho intramolecular Hbond substituents is 1. The minimum absolute atomic E-state index is 0.00285. The third-order valence-corrected chi connectivity index (χ3v) is 12.9. The molecule has 1 aromatic rings. The minimum atomic E-state index is -1.66. The van der Waals surface area contributed by atoms with E-state index in [9.17, 15) is 63.0 Å². The highest BCUT2D eigenvalue weighted by Crippen LogP contribution is 2.20. The summed E-state index contributed by atoms with van der Waals surface area (Å²) in [5.74, 6) is -10.3. The third kappa shape index (κ3) is 19.5. The van der Waals surface area contributed by atoms with Crippen molar-refractivity contribution in [3.8, 4) is 5.75 Å². The number of hydrogen-bond acceptors (Lipinski definition) is 14. The summed E-state index contributed by atoms with van der Waals surface area (Å²) in [5.41, 5.74) is 17.5. The summed E-state index contributed by atoms with van der Waals surface area (Å²) in [6.45, 7) is 15.8. The van der Waals surface area contributed by atoms with Gasteiger partial charge in [0.1, 0.15) is 60.1 Å². The molecule has 2 rings (SSSR count). The molecule has 25 nitrogen and oxygen atoms in total. The largest absolute Gasteiger partial charge is 0.508 e. The summed E-state index contributed by atoms with van der Waals surface area (Å²) in [5, 5.41) is 40.5. The van der Waals surface area contributed by atoms with Crippen LogP contribution in [0.5, 0.6) is 5.75 Å². The first-order chi connectivity index (χ1) is 34.5. The van der Waals surface area contributed by atoms with Gasteiger partial charge in [0.25, 0.3) is 0 Å². The van der Waals surface area contributed by atoms with Crippen LogP contribution in [0, 0.1) is 17.8 Å². The number of aliphatic hydroxyl groups excluding tert-OH is 1. The van der Waals surface area contributed by atoms with Crippen molar-refractivity contribution in [3.05, 3.63) is 29.8 Å². The molecule has 1 heterocycles. The van der Waals surface area contributed by atoms with Crippen LogP contribution in [0.15, 0.2) is 24.3 Å². The fraction of sp³-hybridized carbons (Fsp3) is 0.653. The van der Waals surface area contributed by atoms with E-state index in [0.717, 1.165) is 0 Å². The number of aliphatic hydroxyl groups is 1. The van der Waals surface area contributed by atoms with Gasteiger partial charge < -0.3 is 74.8 Å². The van der Waals surface area contributed by atoms with Gasteiger partial charge in [-0.1, -0.05) is 66.5 Å². The van der Waals surface area contributed by atoms with Gasteiger partial charge in [0.15, 0.2) is 0 Å². The van der Waals surface area contributed by atoms with Gasteiger partial charge in [0.05, 0.1) is 18.6 Å². The lowest BCUT2D eigenvalue weighted by molar-refractivity contribution is -0.142. The van der Waals surface area contributed by atoms with E-state index in [-0.39, 0.29) is 37.5 Å². The van der Waals surface area contributed by atoms with Crippen molar-refractivity contribution < 1.29 is 63.0 Å². The molecule has 0 radical (unpaired) electrons. The molecule has 1 saturated heterocycles. The lowest BCUT2D eigenvalue weighted by Crippen LogP contribution is -2.62. The zero-order chi connectivity index (χ0) is 56.3. The van der Waals surface area contributed by atoms with E-state index in [1.54, 1.807) is 53.7 Å². The lowest BCUT2D eigenvalue weighted by atomic mass is 9.95. The molecule has 13 atom stereocenters. The molecule has 1 aliphatic heterocycles. The van der Waals surface area contributed by atoms with E-state index >= 15 is 0 Å². The predicted octanol–water partition coefficient (Wildman–Crippen LogP) is -2.93. The third-order valence-electron chi connectivity index (χ3n) is 12.9. The van der Waals surface area contributed by atoms with Gasteiger partial charge in [-0.2, -0.15) is 0 Å². The molecule has 16 N–H and O–H groups in total. The van der Waals surface area contributed by atoms with Gasteiger partial charge in [0, 0.05) is 6.54 Å². The van der Waals surface area contributed by atoms with Gasteiger partial charge in [-0.05, 0) is 88.8 Å². The maximum absolute atomic E-state index is 14.1. The highest BCUT2D eigenvalue weighted by atomic mass is 16.3. The van der Waals surface area contributed by atoms with Crippen LogP contribution in [0.2, 0.25) is 0 Å². The standard InChI is InChI=1S/C49H80N12O13/c1-11-24(5)37(58-42(67)32(50)21-30-15-17-31(63)18-16-30)46(71)57-34(22-36(51)64)43(68)56-33(20-23(3)4)44(69)59-38(25(6)12-2)47(72)60-39(29(10)62)48(73)55-28(9)49(74)61-19-13-14-35(61)45(70)54-27(8)41(66)53-26(7)40(52)65/h15-18,23-29,32-35,37-39,62-63H,11-14,19-22,50H2,1-10H3,(H2,51,64)(H2,52,65)(H,53,66)(H,54,70)(H,55,73)(H,56,68)(H,57,71)(H,58,67)(H,59,69)(H,60,72)/t24-,25-,26-,27-,28-,29+,32-,33-,34-,35-,37-,38-,39-/m0/s1. The van der Waals surface area contributed by atoms with Crippen LogP contribution in [0.25, 0.3) is 0 Å². The van der Waals surface area contributed by atoms with Crippen LogP contribution in [-0.2, 0) is 59.2 Å². The summed E-state index contributed by atoms with van der Waals surface area (Å²) >= 11 is 0. The zero-order valence-electron chi connectivity index (χ0n) is 44.1. The molecule has 0 spiro atoms. The second-order valence-electron chi connectivity index (χ2n) is 19.7. The Balaban J connectivity index is 2.25. The van der Waals surface area contributed by atoms with E-state index in [0.29, 0.717) is 24.8 Å². The molecule has 0 saturated carbocycles. The van der Waals surface area contributed by atoms with Crippen LogP contribution < -0.4 is 59.7 Å². The zero-order valence-corrected chi connectivity index (χ0v) is 44.1. The number of likely N-dealkylation sites (tertiary alicyclic amines) is 1. The Labute approximate surface area is 432 Å². The number of aromatic hydroxyl groups is 1. The molecule has 414 valence electrons. The molecular formula is C49H80N12O13. The van der Waals surface area contributed by atoms with Crippen LogP contribution >= 0.6 is 0 Å². The van der Waals surface area contributed by atoms with Crippen LogP contribution in [0.1, 0.15) is 113 Å². The number of benzene rings is 1. The summed E-state index contributed by atoms with van der Waals surface area (Å²) in [6.07, 6.45) is -0.780. The Hall–Kier alpha value is -6.89. The topological polar surface area (TPSA) is 406 Å². The Bertz CT molecular complexity index is 2160. The van der Waals surface area contributed by atoms with Gasteiger partial charge in [0.2, 0.25) is 65.0 Å². The fourth-order valence-electron chi connectivity index (χ4n) is 7.89. The van der Waals surface area contributed by atoms with Crippen molar-refractivity contribution in [1.82, 2.24) is 47.4 Å². The van der Waals surface area contributed by atoms with E-state index in [1.807, 2.05) is 0 Å². The quantitative estimate of drug-likeness (QED) is 0.0382. The first-order valence-corrected chi connectivity index (χ1v) is 25.1. The summed E-state index contributed by atoms with van der Waals surface area (Å²) in [4.78, 5) is 147. The smallest absolute Gasteiger partial charge is 0.245 e. The number of nitrogens with zero attached hydrogens (tertiary/aromatic N) is 1. The van der Waals surface area contributed by atoms with Gasteiger partial charge >= 0.3 is 0 Å². The Kier molecular flexibility index (Phi) is 25.4. The molecule has 0 aliphatic carbocycles. The summed E-state index contributed by atoms with van der Waals surface area (Å²) < 4.78 is 0. The van der Waals surface area contributed by atoms with E-state index in [1.165, 1.54) is 44.7 Å². The Morgan fingerprint density at radius 2 is 1.09 bits per heavy atom. The van der Waals surface area contributed by atoms with Crippen LogP contribution in [0.3, 0.4) is 0 Å². The number of primary amides is 2. The predicted molar refractivity (Wildman–Crippen MR) is 270 cm³/mol. The number of carbonyl (C=O) groups excluding carboxylic acids is 11. The maximum Gasteiger partial charge on any atom is 0.245 e. The molecule has 25 heteroatoms. The van der Waals surface area contributed by atoms with Crippen molar-refractivity contribution in [3.63, 3.8) is 0 Å². The number of hydrogen-bond donors (Lipinski definition) is 13. The number of rotatable bonds is 29. The van der Waals surface area contributed by atoms with Crippen molar-refractivity contribution >= 4 is 65.0 Å². The van der Waals surface area contributed by atoms with Crippen molar-refractivity contribution in [2.24, 2.45) is 35.0 Å². The normalized spacial score (nSPS) is 18.2. The number of nitrogens with two attached hydrogens (primary N) is 3. The second kappa shape index (κ2) is 29.7. The molecule has 0 bridgehead atoms. The highest BCUT2D eigenvalue weighted by molar-refractivity contribution is 5.99. The monoisotopic (exact) mass is 1040 g/mol. The molecule has 0 aromatic heterocycles. The van der Waals surface area contributed by atoms with Gasteiger partial charge in [-0.25, -0.2) is 0 Å². The SMILES string of the molecule is CC[C@H](C)[C@H](NC(=O)[C@H](CC(C)C)NC(=O)[C@H](CC(N)=O)NC(=O)[C@@H](NC(=O)[C@@H](N)Cc1ccc(O)cc1)[C@@H](C)CC)C(=O)N[C@H](C(=O)N[C@@H](C)C(=O)N1CCC[C@H]1C(=O)N[C@@H](C)C(=O)N[C@@H](C)C(N)=O)[C@@H](C)O. The average Bonchev–Trinajstić information content (AvgIpc) is 3.83. The minimum Gasteiger partial charge on any atom is -0.508 e. The highest BCUT2D eigenvalue weighted by Gasteiger charge is 2.40. The molecule has 11 amide bonds. The molecule has 74 heavy (non-hydrogen) atoms. The molecular weight excluding hydrogens is 965 g/mol. The number of amides is 11. The average molecular weight is 1050 g/mol. The second-order valence-corrected chi connectivity index (χ2v) is 19.7. The maximum atomic E-state index is 14.1. The van der Waals surface area contributed by atoms with E-state index in [2.05, 4.69) is 42.5 Å². The first-order valence-electron chi connectivity index (χ1n) is 25.1. The fourth-order valence-corrected chi connectivity index (χ4v) is 7.89.